The highest BCUT2D eigenvalue weighted by Gasteiger charge is 2.17. The lowest BCUT2D eigenvalue weighted by molar-refractivity contribution is -0.124. The summed E-state index contributed by atoms with van der Waals surface area (Å²) in [4.78, 5) is 24.1. The molecule has 0 saturated heterocycles. The molecule has 6 heteroatoms. The molecule has 0 aliphatic rings. The number of hydrogen-bond donors (Lipinski definition) is 1. The molecule has 1 atom stereocenters. The molecule has 23 heavy (non-hydrogen) atoms. The van der Waals surface area contributed by atoms with Gasteiger partial charge in [0.2, 0.25) is 5.91 Å². The quantitative estimate of drug-likeness (QED) is 0.821. The summed E-state index contributed by atoms with van der Waals surface area (Å²) in [6.45, 7) is 4.47. The third kappa shape index (κ3) is 4.26. The topological polar surface area (TPSA) is 73.2 Å². The Morgan fingerprint density at radius 1 is 1.26 bits per heavy atom. The van der Waals surface area contributed by atoms with Crippen molar-refractivity contribution in [2.75, 3.05) is 20.3 Å². The summed E-state index contributed by atoms with van der Waals surface area (Å²) in [6.07, 6.45) is 0. The molecule has 0 aliphatic heterocycles. The Labute approximate surface area is 135 Å². The molecule has 122 valence electrons. The standard InChI is InChI=1S/C17H21N3O3/c1-12-4-6-14(7-5-12)15-8-9-16(21)20(19-15)13(2)17(22)18-10-11-23-3/h4-9,13H,10-11H2,1-3H3,(H,18,22). The number of ether oxygens (including phenoxy) is 1. The van der Waals surface area contributed by atoms with Crippen LogP contribution in [0.2, 0.25) is 0 Å². The number of nitrogens with zero attached hydrogens (tertiary/aromatic N) is 2. The van der Waals surface area contributed by atoms with E-state index < -0.39 is 6.04 Å². The predicted octanol–water partition coefficient (Wildman–Crippen LogP) is 1.54. The number of aromatic nitrogens is 2. The van der Waals surface area contributed by atoms with E-state index in [2.05, 4.69) is 10.4 Å². The number of carbonyl (C=O) groups excluding carboxylic acids is 1. The van der Waals surface area contributed by atoms with Crippen molar-refractivity contribution >= 4 is 5.91 Å². The number of carbonyl (C=O) groups is 1. The van der Waals surface area contributed by atoms with E-state index in [0.717, 1.165) is 11.1 Å². The first kappa shape index (κ1) is 16.9. The third-order valence-corrected chi connectivity index (χ3v) is 3.52. The number of methoxy groups -OCH3 is 1. The fourth-order valence-electron chi connectivity index (χ4n) is 2.12. The first-order chi connectivity index (χ1) is 11.0. The maximum Gasteiger partial charge on any atom is 0.267 e. The summed E-state index contributed by atoms with van der Waals surface area (Å²) in [6, 6.07) is 10.2. The summed E-state index contributed by atoms with van der Waals surface area (Å²) in [5.74, 6) is -0.266. The van der Waals surface area contributed by atoms with E-state index in [4.69, 9.17) is 4.74 Å². The minimum Gasteiger partial charge on any atom is -0.383 e. The lowest BCUT2D eigenvalue weighted by Gasteiger charge is -2.15. The van der Waals surface area contributed by atoms with E-state index in [1.807, 2.05) is 31.2 Å². The summed E-state index contributed by atoms with van der Waals surface area (Å²) >= 11 is 0. The minimum atomic E-state index is -0.690. The van der Waals surface area contributed by atoms with E-state index >= 15 is 0 Å². The number of hydrogen-bond acceptors (Lipinski definition) is 4. The van der Waals surface area contributed by atoms with Gasteiger partial charge in [-0.15, -0.1) is 0 Å². The summed E-state index contributed by atoms with van der Waals surface area (Å²) in [5, 5.41) is 7.05. The Morgan fingerprint density at radius 2 is 1.96 bits per heavy atom. The van der Waals surface area contributed by atoms with Crippen LogP contribution in [0, 0.1) is 6.92 Å². The molecule has 1 heterocycles. The highest BCUT2D eigenvalue weighted by molar-refractivity contribution is 5.79. The Kier molecular flexibility index (Phi) is 5.65. The lowest BCUT2D eigenvalue weighted by atomic mass is 10.1. The van der Waals surface area contributed by atoms with Crippen LogP contribution in [0.1, 0.15) is 18.5 Å². The SMILES string of the molecule is COCCNC(=O)C(C)n1nc(-c2ccc(C)cc2)ccc1=O. The minimum absolute atomic E-state index is 0.266. The second kappa shape index (κ2) is 7.69. The fourth-order valence-corrected chi connectivity index (χ4v) is 2.12. The number of nitrogens with one attached hydrogen (secondary N) is 1. The van der Waals surface area contributed by atoms with Crippen LogP contribution in [-0.4, -0.2) is 35.9 Å². The highest BCUT2D eigenvalue weighted by Crippen LogP contribution is 2.16. The van der Waals surface area contributed by atoms with Gasteiger partial charge < -0.3 is 10.1 Å². The van der Waals surface area contributed by atoms with Crippen molar-refractivity contribution in [1.82, 2.24) is 15.1 Å². The van der Waals surface area contributed by atoms with Gasteiger partial charge in [0.25, 0.3) is 5.56 Å². The van der Waals surface area contributed by atoms with E-state index in [9.17, 15) is 9.59 Å². The Bertz CT molecular complexity index is 723. The molecular weight excluding hydrogens is 294 g/mol. The molecule has 0 fully saturated rings. The van der Waals surface area contributed by atoms with Crippen molar-refractivity contribution in [2.45, 2.75) is 19.9 Å². The molecule has 2 aromatic rings. The summed E-state index contributed by atoms with van der Waals surface area (Å²) in [7, 11) is 1.56. The van der Waals surface area contributed by atoms with Crippen LogP contribution in [0.15, 0.2) is 41.2 Å². The van der Waals surface area contributed by atoms with Gasteiger partial charge in [0.1, 0.15) is 6.04 Å². The van der Waals surface area contributed by atoms with Gasteiger partial charge in [-0.2, -0.15) is 5.10 Å². The summed E-state index contributed by atoms with van der Waals surface area (Å²) in [5.41, 5.74) is 2.39. The van der Waals surface area contributed by atoms with Gasteiger partial charge >= 0.3 is 0 Å². The van der Waals surface area contributed by atoms with Crippen LogP contribution in [0.3, 0.4) is 0 Å². The van der Waals surface area contributed by atoms with Crippen LogP contribution >= 0.6 is 0 Å². The van der Waals surface area contributed by atoms with Crippen LogP contribution in [0.5, 0.6) is 0 Å². The van der Waals surface area contributed by atoms with E-state index in [1.54, 1.807) is 20.1 Å². The van der Waals surface area contributed by atoms with Crippen molar-refractivity contribution in [3.63, 3.8) is 0 Å². The Balaban J connectivity index is 2.25. The maximum absolute atomic E-state index is 12.1. The number of rotatable bonds is 6. The molecule has 0 aliphatic carbocycles. The Morgan fingerprint density at radius 3 is 2.61 bits per heavy atom. The smallest absolute Gasteiger partial charge is 0.267 e. The van der Waals surface area contributed by atoms with Gasteiger partial charge in [-0.1, -0.05) is 29.8 Å². The monoisotopic (exact) mass is 315 g/mol. The fraction of sp³-hybridized carbons (Fsp3) is 0.353. The van der Waals surface area contributed by atoms with E-state index in [-0.39, 0.29) is 11.5 Å². The van der Waals surface area contributed by atoms with E-state index in [0.29, 0.717) is 18.8 Å². The molecule has 1 N–H and O–H groups in total. The average molecular weight is 315 g/mol. The largest absolute Gasteiger partial charge is 0.383 e. The first-order valence-electron chi connectivity index (χ1n) is 7.46. The zero-order valence-corrected chi connectivity index (χ0v) is 13.6. The molecule has 6 nitrogen and oxygen atoms in total. The predicted molar refractivity (Wildman–Crippen MR) is 88.3 cm³/mol. The second-order valence-electron chi connectivity index (χ2n) is 5.33. The zero-order valence-electron chi connectivity index (χ0n) is 13.6. The molecule has 0 spiro atoms. The summed E-state index contributed by atoms with van der Waals surface area (Å²) < 4.78 is 6.09. The molecule has 1 aromatic carbocycles. The van der Waals surface area contributed by atoms with Crippen molar-refractivity contribution in [3.05, 3.63) is 52.3 Å². The molecule has 1 unspecified atom stereocenters. The molecule has 1 aromatic heterocycles. The first-order valence-corrected chi connectivity index (χ1v) is 7.46. The molecular formula is C17H21N3O3. The normalized spacial score (nSPS) is 12.0. The molecule has 2 rings (SSSR count). The lowest BCUT2D eigenvalue weighted by Crippen LogP contribution is -2.38. The van der Waals surface area contributed by atoms with Gasteiger partial charge in [-0.05, 0) is 19.9 Å². The Hall–Kier alpha value is -2.47. The van der Waals surface area contributed by atoms with Crippen LogP contribution in [0.25, 0.3) is 11.3 Å². The van der Waals surface area contributed by atoms with Gasteiger partial charge in [0.15, 0.2) is 0 Å². The van der Waals surface area contributed by atoms with Gasteiger partial charge in [-0.25, -0.2) is 4.68 Å². The van der Waals surface area contributed by atoms with Gasteiger partial charge in [0.05, 0.1) is 12.3 Å². The number of aryl methyl sites for hydroxylation is 1. The van der Waals surface area contributed by atoms with E-state index in [1.165, 1.54) is 10.7 Å². The van der Waals surface area contributed by atoms with Crippen molar-refractivity contribution in [3.8, 4) is 11.3 Å². The van der Waals surface area contributed by atoms with Crippen LogP contribution in [-0.2, 0) is 9.53 Å². The molecule has 1 amide bonds. The van der Waals surface area contributed by atoms with Crippen molar-refractivity contribution in [1.29, 1.82) is 0 Å². The van der Waals surface area contributed by atoms with Crippen molar-refractivity contribution in [2.24, 2.45) is 0 Å². The maximum atomic E-state index is 12.1. The molecule has 0 bridgehead atoms. The van der Waals surface area contributed by atoms with Crippen molar-refractivity contribution < 1.29 is 9.53 Å². The van der Waals surface area contributed by atoms with Gasteiger partial charge in [0, 0.05) is 25.3 Å². The number of amides is 1. The van der Waals surface area contributed by atoms with Gasteiger partial charge in [-0.3, -0.25) is 9.59 Å². The average Bonchev–Trinajstić information content (AvgIpc) is 2.55. The molecule has 0 saturated carbocycles. The van der Waals surface area contributed by atoms with Crippen LogP contribution < -0.4 is 10.9 Å². The molecule has 0 radical (unpaired) electrons. The zero-order chi connectivity index (χ0) is 16.8. The third-order valence-electron chi connectivity index (χ3n) is 3.52. The highest BCUT2D eigenvalue weighted by atomic mass is 16.5. The van der Waals surface area contributed by atoms with Crippen LogP contribution in [0.4, 0.5) is 0 Å². The second-order valence-corrected chi connectivity index (χ2v) is 5.33. The number of benzene rings is 1.